The minimum Gasteiger partial charge on any atom is -0.355 e. The van der Waals surface area contributed by atoms with Gasteiger partial charge in [-0.2, -0.15) is 0 Å². The molecule has 0 bridgehead atoms. The standard InChI is InChI=1S/C14H16N4O2/c1-10-9-18(7-6-16-10)14(19)12-8-13(20-17-12)11-2-4-15-5-3-11/h2-5,8,10,16H,6-7,9H2,1H3/t10-/m0/s1. The van der Waals surface area contributed by atoms with Crippen LogP contribution in [0.3, 0.4) is 0 Å². The van der Waals surface area contributed by atoms with E-state index >= 15 is 0 Å². The zero-order valence-electron chi connectivity index (χ0n) is 11.2. The molecule has 0 radical (unpaired) electrons. The molecule has 0 saturated carbocycles. The summed E-state index contributed by atoms with van der Waals surface area (Å²) in [6.07, 6.45) is 3.36. The fourth-order valence-electron chi connectivity index (χ4n) is 2.31. The van der Waals surface area contributed by atoms with Crippen molar-refractivity contribution in [1.29, 1.82) is 0 Å². The molecule has 1 N–H and O–H groups in total. The minimum absolute atomic E-state index is 0.0811. The topological polar surface area (TPSA) is 71.3 Å². The summed E-state index contributed by atoms with van der Waals surface area (Å²) >= 11 is 0. The Balaban J connectivity index is 1.78. The lowest BCUT2D eigenvalue weighted by Gasteiger charge is -2.31. The number of carbonyl (C=O) groups excluding carboxylic acids is 1. The lowest BCUT2D eigenvalue weighted by molar-refractivity contribution is 0.0698. The Morgan fingerprint density at radius 3 is 3.00 bits per heavy atom. The first-order valence-corrected chi connectivity index (χ1v) is 6.64. The Morgan fingerprint density at radius 1 is 1.45 bits per heavy atom. The van der Waals surface area contributed by atoms with Gasteiger partial charge < -0.3 is 14.7 Å². The maximum Gasteiger partial charge on any atom is 0.276 e. The summed E-state index contributed by atoms with van der Waals surface area (Å²) in [5.74, 6) is 0.501. The average Bonchev–Trinajstić information content (AvgIpc) is 2.97. The van der Waals surface area contributed by atoms with E-state index in [0.29, 0.717) is 30.6 Å². The molecule has 0 aromatic carbocycles. The number of aromatic nitrogens is 2. The summed E-state index contributed by atoms with van der Waals surface area (Å²) in [4.78, 5) is 18.1. The highest BCUT2D eigenvalue weighted by Gasteiger charge is 2.24. The van der Waals surface area contributed by atoms with E-state index in [9.17, 15) is 4.79 Å². The maximum atomic E-state index is 12.4. The molecule has 104 valence electrons. The monoisotopic (exact) mass is 272 g/mol. The molecule has 1 aliphatic rings. The second kappa shape index (κ2) is 5.42. The Hall–Kier alpha value is -2.21. The van der Waals surface area contributed by atoms with Crippen LogP contribution >= 0.6 is 0 Å². The molecule has 0 unspecified atom stereocenters. The van der Waals surface area contributed by atoms with E-state index in [4.69, 9.17) is 4.52 Å². The van der Waals surface area contributed by atoms with Crippen molar-refractivity contribution in [3.05, 3.63) is 36.3 Å². The first-order chi connectivity index (χ1) is 9.74. The second-order valence-electron chi connectivity index (χ2n) is 4.92. The van der Waals surface area contributed by atoms with Gasteiger partial charge in [0.05, 0.1) is 0 Å². The SMILES string of the molecule is C[C@H]1CN(C(=O)c2cc(-c3ccncc3)on2)CCN1. The highest BCUT2D eigenvalue weighted by molar-refractivity contribution is 5.93. The van der Waals surface area contributed by atoms with Gasteiger partial charge in [0, 0.05) is 49.7 Å². The predicted octanol–water partition coefficient (Wildman–Crippen LogP) is 1.17. The Labute approximate surface area is 116 Å². The molecule has 0 spiro atoms. The predicted molar refractivity (Wildman–Crippen MR) is 73.1 cm³/mol. The van der Waals surface area contributed by atoms with Crippen molar-refractivity contribution >= 4 is 5.91 Å². The second-order valence-corrected chi connectivity index (χ2v) is 4.92. The molecular formula is C14H16N4O2. The van der Waals surface area contributed by atoms with E-state index in [2.05, 4.69) is 22.4 Å². The third-order valence-electron chi connectivity index (χ3n) is 3.35. The van der Waals surface area contributed by atoms with Crippen LogP contribution in [0.1, 0.15) is 17.4 Å². The molecule has 1 fully saturated rings. The van der Waals surface area contributed by atoms with Crippen LogP contribution in [0.5, 0.6) is 0 Å². The molecule has 2 aromatic rings. The lowest BCUT2D eigenvalue weighted by Crippen LogP contribution is -2.51. The Bertz CT molecular complexity index is 596. The van der Waals surface area contributed by atoms with Gasteiger partial charge in [-0.3, -0.25) is 9.78 Å². The summed E-state index contributed by atoms with van der Waals surface area (Å²) in [6.45, 7) is 4.25. The highest BCUT2D eigenvalue weighted by Crippen LogP contribution is 2.20. The van der Waals surface area contributed by atoms with Crippen LogP contribution in [-0.2, 0) is 0 Å². The third-order valence-corrected chi connectivity index (χ3v) is 3.35. The minimum atomic E-state index is -0.0811. The molecule has 3 rings (SSSR count). The molecule has 1 aliphatic heterocycles. The van der Waals surface area contributed by atoms with Crippen molar-refractivity contribution in [2.24, 2.45) is 0 Å². The van der Waals surface area contributed by atoms with Gasteiger partial charge in [0.15, 0.2) is 11.5 Å². The van der Waals surface area contributed by atoms with Gasteiger partial charge in [0.2, 0.25) is 0 Å². The molecule has 3 heterocycles. The number of rotatable bonds is 2. The summed E-state index contributed by atoms with van der Waals surface area (Å²) in [5.41, 5.74) is 1.21. The largest absolute Gasteiger partial charge is 0.355 e. The first-order valence-electron chi connectivity index (χ1n) is 6.64. The molecule has 1 saturated heterocycles. The number of piperazine rings is 1. The fraction of sp³-hybridized carbons (Fsp3) is 0.357. The van der Waals surface area contributed by atoms with Crippen molar-refractivity contribution in [3.63, 3.8) is 0 Å². The zero-order valence-corrected chi connectivity index (χ0v) is 11.2. The van der Waals surface area contributed by atoms with Crippen LogP contribution in [-0.4, -0.2) is 46.6 Å². The van der Waals surface area contributed by atoms with Crippen molar-refractivity contribution in [3.8, 4) is 11.3 Å². The Morgan fingerprint density at radius 2 is 2.25 bits per heavy atom. The summed E-state index contributed by atoms with van der Waals surface area (Å²) in [7, 11) is 0. The highest BCUT2D eigenvalue weighted by atomic mass is 16.5. The van der Waals surface area contributed by atoms with Crippen LogP contribution in [0.15, 0.2) is 35.1 Å². The molecule has 6 nitrogen and oxygen atoms in total. The molecule has 1 amide bonds. The van der Waals surface area contributed by atoms with Crippen LogP contribution < -0.4 is 5.32 Å². The summed E-state index contributed by atoms with van der Waals surface area (Å²) in [6, 6.07) is 5.63. The van der Waals surface area contributed by atoms with Gasteiger partial charge in [0.1, 0.15) is 0 Å². The van der Waals surface area contributed by atoms with E-state index in [0.717, 1.165) is 12.1 Å². The smallest absolute Gasteiger partial charge is 0.276 e. The average molecular weight is 272 g/mol. The number of pyridine rings is 1. The van der Waals surface area contributed by atoms with E-state index in [1.807, 2.05) is 12.1 Å². The van der Waals surface area contributed by atoms with Crippen molar-refractivity contribution < 1.29 is 9.32 Å². The van der Waals surface area contributed by atoms with Crippen molar-refractivity contribution in [2.45, 2.75) is 13.0 Å². The normalized spacial score (nSPS) is 19.1. The molecular weight excluding hydrogens is 256 g/mol. The van der Waals surface area contributed by atoms with Gasteiger partial charge in [0.25, 0.3) is 5.91 Å². The van der Waals surface area contributed by atoms with Crippen molar-refractivity contribution in [1.82, 2.24) is 20.4 Å². The molecule has 20 heavy (non-hydrogen) atoms. The fourth-order valence-corrected chi connectivity index (χ4v) is 2.31. The summed E-state index contributed by atoms with van der Waals surface area (Å²) in [5, 5.41) is 7.19. The number of carbonyl (C=O) groups is 1. The number of hydrogen-bond donors (Lipinski definition) is 1. The number of hydrogen-bond acceptors (Lipinski definition) is 5. The first kappa shape index (κ1) is 12.8. The summed E-state index contributed by atoms with van der Waals surface area (Å²) < 4.78 is 5.25. The van der Waals surface area contributed by atoms with Gasteiger partial charge in [-0.15, -0.1) is 0 Å². The lowest BCUT2D eigenvalue weighted by atomic mass is 10.2. The van der Waals surface area contributed by atoms with Crippen LogP contribution in [0.25, 0.3) is 11.3 Å². The quantitative estimate of drug-likeness (QED) is 0.888. The van der Waals surface area contributed by atoms with E-state index in [1.54, 1.807) is 23.4 Å². The number of nitrogens with zero attached hydrogens (tertiary/aromatic N) is 3. The molecule has 6 heteroatoms. The van der Waals surface area contributed by atoms with Gasteiger partial charge in [-0.25, -0.2) is 0 Å². The van der Waals surface area contributed by atoms with Gasteiger partial charge in [-0.1, -0.05) is 5.16 Å². The van der Waals surface area contributed by atoms with E-state index < -0.39 is 0 Å². The number of amides is 1. The van der Waals surface area contributed by atoms with E-state index in [-0.39, 0.29) is 5.91 Å². The van der Waals surface area contributed by atoms with Crippen LogP contribution in [0, 0.1) is 0 Å². The van der Waals surface area contributed by atoms with Crippen LogP contribution in [0.4, 0.5) is 0 Å². The third kappa shape index (κ3) is 2.55. The molecule has 2 aromatic heterocycles. The van der Waals surface area contributed by atoms with Gasteiger partial charge >= 0.3 is 0 Å². The zero-order chi connectivity index (χ0) is 13.9. The molecule has 1 atom stereocenters. The van der Waals surface area contributed by atoms with E-state index in [1.165, 1.54) is 0 Å². The van der Waals surface area contributed by atoms with Crippen LogP contribution in [0.2, 0.25) is 0 Å². The van der Waals surface area contributed by atoms with Crippen molar-refractivity contribution in [2.75, 3.05) is 19.6 Å². The maximum absolute atomic E-state index is 12.4. The Kier molecular flexibility index (Phi) is 3.47. The van der Waals surface area contributed by atoms with Gasteiger partial charge in [-0.05, 0) is 19.1 Å². The molecule has 0 aliphatic carbocycles. The number of nitrogens with one attached hydrogen (secondary N) is 1.